The third-order valence-electron chi connectivity index (χ3n) is 4.70. The molecule has 1 atom stereocenters. The van der Waals surface area contributed by atoms with E-state index in [0.717, 1.165) is 41.3 Å². The summed E-state index contributed by atoms with van der Waals surface area (Å²) in [7, 11) is -2.51. The zero-order chi connectivity index (χ0) is 21.0. The van der Waals surface area contributed by atoms with Crippen LogP contribution in [0.3, 0.4) is 0 Å². The van der Waals surface area contributed by atoms with Crippen molar-refractivity contribution in [3.63, 3.8) is 0 Å². The van der Waals surface area contributed by atoms with E-state index in [1.807, 2.05) is 12.1 Å². The van der Waals surface area contributed by atoms with Gasteiger partial charge >= 0.3 is 8.25 Å². The van der Waals surface area contributed by atoms with E-state index in [2.05, 4.69) is 69.1 Å². The second-order valence-corrected chi connectivity index (χ2v) is 7.65. The maximum Gasteiger partial charge on any atom is 0.694 e. The molecule has 30 heavy (non-hydrogen) atoms. The maximum absolute atomic E-state index is 10.5. The van der Waals surface area contributed by atoms with Crippen molar-refractivity contribution in [3.05, 3.63) is 77.5 Å². The van der Waals surface area contributed by atoms with Gasteiger partial charge in [-0.05, 0) is 49.1 Å². The summed E-state index contributed by atoms with van der Waals surface area (Å²) in [4.78, 5) is 13.2. The van der Waals surface area contributed by atoms with Gasteiger partial charge in [-0.1, -0.05) is 54.3 Å². The number of nitrogens with one attached hydrogen (secondary N) is 1. The number of hydrogen-bond donors (Lipinski definition) is 2. The number of nitrogens with zero attached hydrogens (tertiary/aromatic N) is 1. The fraction of sp³-hybridized carbons (Fsp3) is 0.292. The first-order chi connectivity index (χ1) is 14.7. The summed E-state index contributed by atoms with van der Waals surface area (Å²) in [5.74, 6) is 6.62. The minimum atomic E-state index is -2.51. The second-order valence-electron chi connectivity index (χ2n) is 6.91. The van der Waals surface area contributed by atoms with Gasteiger partial charge in [-0.25, -0.2) is 0 Å². The molecule has 3 rings (SSSR count). The van der Waals surface area contributed by atoms with E-state index in [9.17, 15) is 4.57 Å². The standard InChI is InChI=1S/C24H25N2O3P/c27-30(28)29-18-8-16-25-19-22-15-14-21(23-13-7-17-26-24(22)23)12-6-2-5-11-20-9-3-1-4-10-20/h1,3-4,7,9-10,13-15,17,25H,2,5,8,11,16,18-19H2/p+1. The third kappa shape index (κ3) is 7.02. The van der Waals surface area contributed by atoms with Crippen molar-refractivity contribution < 1.29 is 14.0 Å². The van der Waals surface area contributed by atoms with Crippen molar-refractivity contribution >= 4 is 19.2 Å². The summed E-state index contributed by atoms with van der Waals surface area (Å²) in [5.41, 5.74) is 4.41. The molecule has 0 aliphatic heterocycles. The molecule has 0 saturated heterocycles. The number of unbranched alkanes of at least 4 members (excludes halogenated alkanes) is 1. The predicted octanol–water partition coefficient (Wildman–Crippen LogP) is 4.76. The minimum absolute atomic E-state index is 0.260. The molecular formula is C24H26N2O3P+. The van der Waals surface area contributed by atoms with Gasteiger partial charge in [0.2, 0.25) is 0 Å². The smallest absolute Gasteiger partial charge is 0.313 e. The molecule has 1 aromatic heterocycles. The van der Waals surface area contributed by atoms with Crippen LogP contribution >= 0.6 is 8.25 Å². The summed E-state index contributed by atoms with van der Waals surface area (Å²) >= 11 is 0. The van der Waals surface area contributed by atoms with Gasteiger partial charge in [-0.15, -0.1) is 9.42 Å². The zero-order valence-corrected chi connectivity index (χ0v) is 17.8. The Morgan fingerprint density at radius 1 is 1.07 bits per heavy atom. The Labute approximate surface area is 178 Å². The van der Waals surface area contributed by atoms with Crippen molar-refractivity contribution in [3.8, 4) is 11.8 Å². The monoisotopic (exact) mass is 421 g/mol. The summed E-state index contributed by atoms with van der Waals surface area (Å²) < 4.78 is 15.2. The molecule has 1 unspecified atom stereocenters. The topological polar surface area (TPSA) is 71.5 Å². The Morgan fingerprint density at radius 3 is 2.77 bits per heavy atom. The molecule has 0 spiro atoms. The number of aryl methyl sites for hydroxylation is 1. The number of fused-ring (bicyclic) bond motifs is 1. The molecule has 0 amide bonds. The van der Waals surface area contributed by atoms with Gasteiger partial charge in [-0.2, -0.15) is 0 Å². The van der Waals surface area contributed by atoms with Gasteiger partial charge in [0.25, 0.3) is 0 Å². The molecule has 0 bridgehead atoms. The van der Waals surface area contributed by atoms with Crippen molar-refractivity contribution in [1.82, 2.24) is 10.3 Å². The van der Waals surface area contributed by atoms with Crippen LogP contribution in [0.25, 0.3) is 10.9 Å². The lowest BCUT2D eigenvalue weighted by Crippen LogP contribution is -2.16. The van der Waals surface area contributed by atoms with Crippen molar-refractivity contribution in [2.45, 2.75) is 32.2 Å². The van der Waals surface area contributed by atoms with Gasteiger partial charge in [0.1, 0.15) is 6.61 Å². The van der Waals surface area contributed by atoms with Gasteiger partial charge in [0.15, 0.2) is 0 Å². The van der Waals surface area contributed by atoms with Crippen LogP contribution in [0, 0.1) is 11.8 Å². The first kappa shape index (κ1) is 22.1. The summed E-state index contributed by atoms with van der Waals surface area (Å²) in [6.45, 7) is 1.63. The normalized spacial score (nSPS) is 11.2. The minimum Gasteiger partial charge on any atom is -0.313 e. The maximum atomic E-state index is 10.5. The summed E-state index contributed by atoms with van der Waals surface area (Å²) in [6, 6.07) is 18.6. The number of hydrogen-bond acceptors (Lipinski definition) is 4. The predicted molar refractivity (Wildman–Crippen MR) is 120 cm³/mol. The lowest BCUT2D eigenvalue weighted by molar-refractivity contribution is 0.276. The SMILES string of the molecule is O=[P+](O)OCCCNCc1ccc(C#CCCCc2ccccc2)c2cccnc12. The molecule has 3 aromatic rings. The van der Waals surface area contributed by atoms with Crippen LogP contribution in [0.2, 0.25) is 0 Å². The van der Waals surface area contributed by atoms with Crippen molar-refractivity contribution in [1.29, 1.82) is 0 Å². The summed E-state index contributed by atoms with van der Waals surface area (Å²) in [6.07, 6.45) is 5.42. The molecule has 1 heterocycles. The highest BCUT2D eigenvalue weighted by molar-refractivity contribution is 7.32. The molecule has 2 N–H and O–H groups in total. The van der Waals surface area contributed by atoms with Crippen LogP contribution in [0.5, 0.6) is 0 Å². The first-order valence-electron chi connectivity index (χ1n) is 10.1. The number of pyridine rings is 1. The number of rotatable bonds is 10. The molecule has 0 radical (unpaired) electrons. The quantitative estimate of drug-likeness (QED) is 0.281. The van der Waals surface area contributed by atoms with Crippen LogP contribution in [0.1, 0.15) is 36.0 Å². The van der Waals surface area contributed by atoms with Gasteiger partial charge < -0.3 is 5.32 Å². The molecule has 0 aliphatic carbocycles. The molecule has 0 aliphatic rings. The highest BCUT2D eigenvalue weighted by Crippen LogP contribution is 2.20. The van der Waals surface area contributed by atoms with Crippen LogP contribution in [0.15, 0.2) is 60.8 Å². The Bertz CT molecular complexity index is 1030. The zero-order valence-electron chi connectivity index (χ0n) is 16.9. The van der Waals surface area contributed by atoms with Gasteiger partial charge in [-0.3, -0.25) is 4.98 Å². The lowest BCUT2D eigenvalue weighted by Gasteiger charge is -2.08. The number of benzene rings is 2. The Kier molecular flexibility index (Phi) is 8.96. The Hall–Kier alpha value is -2.61. The van der Waals surface area contributed by atoms with E-state index >= 15 is 0 Å². The average Bonchev–Trinajstić information content (AvgIpc) is 2.77. The molecule has 0 saturated carbocycles. The first-order valence-corrected chi connectivity index (χ1v) is 11.3. The van der Waals surface area contributed by atoms with Gasteiger partial charge in [0, 0.05) is 34.7 Å². The van der Waals surface area contributed by atoms with E-state index in [0.29, 0.717) is 19.5 Å². The second kappa shape index (κ2) is 12.2. The van der Waals surface area contributed by atoms with Crippen molar-refractivity contribution in [2.75, 3.05) is 13.2 Å². The number of aromatic nitrogens is 1. The molecule has 2 aromatic carbocycles. The van der Waals surface area contributed by atoms with E-state index < -0.39 is 8.25 Å². The highest BCUT2D eigenvalue weighted by Gasteiger charge is 2.10. The molecular weight excluding hydrogens is 395 g/mol. The van der Waals surface area contributed by atoms with Crippen LogP contribution < -0.4 is 5.32 Å². The van der Waals surface area contributed by atoms with Crippen LogP contribution in [-0.2, 0) is 22.1 Å². The molecule has 5 nitrogen and oxygen atoms in total. The molecule has 6 heteroatoms. The molecule has 0 fully saturated rings. The van der Waals surface area contributed by atoms with E-state index in [1.165, 1.54) is 5.56 Å². The van der Waals surface area contributed by atoms with E-state index in [1.54, 1.807) is 6.20 Å². The third-order valence-corrected chi connectivity index (χ3v) is 5.10. The van der Waals surface area contributed by atoms with E-state index in [4.69, 9.17) is 4.89 Å². The van der Waals surface area contributed by atoms with Crippen LogP contribution in [0.4, 0.5) is 0 Å². The fourth-order valence-corrected chi connectivity index (χ4v) is 3.51. The highest BCUT2D eigenvalue weighted by atomic mass is 31.1. The van der Waals surface area contributed by atoms with Crippen LogP contribution in [-0.4, -0.2) is 23.0 Å². The Morgan fingerprint density at radius 2 is 1.93 bits per heavy atom. The average molecular weight is 421 g/mol. The fourth-order valence-electron chi connectivity index (χ4n) is 3.23. The Balaban J connectivity index is 1.56. The largest absolute Gasteiger partial charge is 0.694 e. The van der Waals surface area contributed by atoms with E-state index in [-0.39, 0.29) is 6.61 Å². The molecule has 154 valence electrons. The lowest BCUT2D eigenvalue weighted by atomic mass is 10.0. The van der Waals surface area contributed by atoms with Gasteiger partial charge in [0.05, 0.1) is 5.52 Å². The summed E-state index contributed by atoms with van der Waals surface area (Å²) in [5, 5.41) is 4.39. The van der Waals surface area contributed by atoms with Crippen molar-refractivity contribution in [2.24, 2.45) is 0 Å².